The Kier molecular flexibility index (Phi) is 4.25. The second kappa shape index (κ2) is 5.72. The molecule has 0 radical (unpaired) electrons. The van der Waals surface area contributed by atoms with Gasteiger partial charge in [-0.1, -0.05) is 12.8 Å². The minimum atomic E-state index is -0.742. The zero-order valence-corrected chi connectivity index (χ0v) is 11.1. The zero-order chi connectivity index (χ0) is 13.1. The van der Waals surface area contributed by atoms with Crippen LogP contribution in [0.1, 0.15) is 44.9 Å². The maximum absolute atomic E-state index is 12.3. The number of carboxylic acid groups (broad SMARTS) is 1. The minimum absolute atomic E-state index is 0.0649. The summed E-state index contributed by atoms with van der Waals surface area (Å²) in [5.74, 6) is -0.283. The Labute approximate surface area is 108 Å². The van der Waals surface area contributed by atoms with Crippen molar-refractivity contribution in [3.05, 3.63) is 0 Å². The Morgan fingerprint density at radius 3 is 2.28 bits per heavy atom. The highest BCUT2D eigenvalue weighted by molar-refractivity contribution is 5.80. The van der Waals surface area contributed by atoms with Crippen LogP contribution >= 0.6 is 0 Å². The fraction of sp³-hybridized carbons (Fsp3) is 0.857. The van der Waals surface area contributed by atoms with Crippen molar-refractivity contribution in [2.24, 2.45) is 17.8 Å². The van der Waals surface area contributed by atoms with E-state index in [-0.39, 0.29) is 17.7 Å². The number of carbonyl (C=O) groups excluding carboxylic acids is 1. The van der Waals surface area contributed by atoms with E-state index in [1.807, 2.05) is 11.9 Å². The van der Waals surface area contributed by atoms with Crippen molar-refractivity contribution >= 4 is 11.9 Å². The molecule has 2 rings (SSSR count). The molecular formula is C14H23NO3. The van der Waals surface area contributed by atoms with Crippen LogP contribution < -0.4 is 0 Å². The molecule has 2 saturated carbocycles. The van der Waals surface area contributed by atoms with Crippen LogP contribution in [-0.4, -0.2) is 35.5 Å². The Balaban J connectivity index is 1.84. The van der Waals surface area contributed by atoms with E-state index in [1.54, 1.807) is 0 Å². The smallest absolute Gasteiger partial charge is 0.306 e. The van der Waals surface area contributed by atoms with Gasteiger partial charge < -0.3 is 10.0 Å². The predicted octanol–water partition coefficient (Wildman–Crippen LogP) is 2.14. The van der Waals surface area contributed by atoms with Crippen LogP contribution in [0, 0.1) is 17.8 Å². The monoisotopic (exact) mass is 253 g/mol. The molecule has 1 N–H and O–H groups in total. The van der Waals surface area contributed by atoms with Crippen molar-refractivity contribution in [1.29, 1.82) is 0 Å². The summed E-state index contributed by atoms with van der Waals surface area (Å²) < 4.78 is 0. The Bertz CT molecular complexity index is 325. The van der Waals surface area contributed by atoms with Gasteiger partial charge in [0.15, 0.2) is 0 Å². The second-order valence-electron chi connectivity index (χ2n) is 5.91. The lowest BCUT2D eigenvalue weighted by Gasteiger charge is -2.34. The third-order valence-electron chi connectivity index (χ3n) is 4.51. The molecule has 2 aliphatic rings. The van der Waals surface area contributed by atoms with E-state index in [0.717, 1.165) is 25.8 Å². The summed E-state index contributed by atoms with van der Waals surface area (Å²) in [6, 6.07) is 0. The van der Waals surface area contributed by atoms with Gasteiger partial charge in [0.2, 0.25) is 5.91 Å². The first-order valence-electron chi connectivity index (χ1n) is 7.05. The minimum Gasteiger partial charge on any atom is -0.481 e. The molecule has 2 atom stereocenters. The summed E-state index contributed by atoms with van der Waals surface area (Å²) in [6.07, 6.45) is 6.74. The number of amides is 1. The summed E-state index contributed by atoms with van der Waals surface area (Å²) in [6.45, 7) is 0.854. The van der Waals surface area contributed by atoms with Crippen molar-refractivity contribution in [2.45, 2.75) is 44.9 Å². The lowest BCUT2D eigenvalue weighted by Crippen LogP contribution is -2.40. The summed E-state index contributed by atoms with van der Waals surface area (Å²) in [5, 5.41) is 9.04. The molecule has 102 valence electrons. The van der Waals surface area contributed by atoms with Crippen LogP contribution in [0.2, 0.25) is 0 Å². The molecule has 2 unspecified atom stereocenters. The maximum Gasteiger partial charge on any atom is 0.306 e. The summed E-state index contributed by atoms with van der Waals surface area (Å²) in [7, 11) is 1.87. The van der Waals surface area contributed by atoms with Crippen LogP contribution in [-0.2, 0) is 9.59 Å². The zero-order valence-electron chi connectivity index (χ0n) is 11.1. The number of carboxylic acids is 1. The third-order valence-corrected chi connectivity index (χ3v) is 4.51. The van der Waals surface area contributed by atoms with Gasteiger partial charge in [-0.15, -0.1) is 0 Å². The molecule has 2 fully saturated rings. The van der Waals surface area contributed by atoms with Gasteiger partial charge in [0.25, 0.3) is 0 Å². The lowest BCUT2D eigenvalue weighted by molar-refractivity contribution is -0.145. The molecule has 2 aliphatic carbocycles. The number of carbonyl (C=O) groups is 2. The first kappa shape index (κ1) is 13.4. The normalized spacial score (nSPS) is 28.5. The van der Waals surface area contributed by atoms with E-state index in [1.165, 1.54) is 19.3 Å². The van der Waals surface area contributed by atoms with Crippen LogP contribution in [0.15, 0.2) is 0 Å². The lowest BCUT2D eigenvalue weighted by atomic mass is 9.80. The van der Waals surface area contributed by atoms with Crippen LogP contribution in [0.4, 0.5) is 0 Å². The molecule has 0 aromatic rings. The van der Waals surface area contributed by atoms with Gasteiger partial charge in [0, 0.05) is 19.5 Å². The number of aliphatic carboxylic acids is 1. The van der Waals surface area contributed by atoms with Crippen molar-refractivity contribution in [3.63, 3.8) is 0 Å². The number of hydrogen-bond acceptors (Lipinski definition) is 2. The third kappa shape index (κ3) is 3.03. The standard InChI is InChI=1S/C14H23NO3/c1-15(9-10-4-2-5-10)13(16)11-6-3-7-12(8-11)14(17)18/h10-12H,2-9H2,1H3,(H,17,18). The van der Waals surface area contributed by atoms with Crippen molar-refractivity contribution < 1.29 is 14.7 Å². The molecule has 0 aromatic heterocycles. The summed E-state index contributed by atoms with van der Waals surface area (Å²) in [4.78, 5) is 25.1. The molecule has 18 heavy (non-hydrogen) atoms. The van der Waals surface area contributed by atoms with Crippen molar-refractivity contribution in [1.82, 2.24) is 4.90 Å². The molecule has 0 saturated heterocycles. The van der Waals surface area contributed by atoms with Gasteiger partial charge in [-0.05, 0) is 38.0 Å². The highest BCUT2D eigenvalue weighted by atomic mass is 16.4. The average molecular weight is 253 g/mol. The highest BCUT2D eigenvalue weighted by Crippen LogP contribution is 2.32. The van der Waals surface area contributed by atoms with E-state index >= 15 is 0 Å². The predicted molar refractivity (Wildman–Crippen MR) is 68.1 cm³/mol. The summed E-state index contributed by atoms with van der Waals surface area (Å²) in [5.41, 5.74) is 0. The van der Waals surface area contributed by atoms with E-state index in [2.05, 4.69) is 0 Å². The number of rotatable bonds is 4. The van der Waals surface area contributed by atoms with Gasteiger partial charge in [0.1, 0.15) is 0 Å². The number of hydrogen-bond donors (Lipinski definition) is 1. The Hall–Kier alpha value is -1.06. The fourth-order valence-corrected chi connectivity index (χ4v) is 3.10. The van der Waals surface area contributed by atoms with Crippen molar-refractivity contribution in [3.8, 4) is 0 Å². The molecular weight excluding hydrogens is 230 g/mol. The molecule has 0 aromatic carbocycles. The molecule has 1 amide bonds. The molecule has 4 nitrogen and oxygen atoms in total. The molecule has 4 heteroatoms. The van der Waals surface area contributed by atoms with Gasteiger partial charge in [0.05, 0.1) is 5.92 Å². The first-order chi connectivity index (χ1) is 8.58. The van der Waals surface area contributed by atoms with Crippen LogP contribution in [0.5, 0.6) is 0 Å². The van der Waals surface area contributed by atoms with E-state index in [0.29, 0.717) is 12.3 Å². The van der Waals surface area contributed by atoms with Crippen molar-refractivity contribution in [2.75, 3.05) is 13.6 Å². The Morgan fingerprint density at radius 1 is 1.11 bits per heavy atom. The molecule has 0 aliphatic heterocycles. The Morgan fingerprint density at radius 2 is 1.72 bits per heavy atom. The SMILES string of the molecule is CN(CC1CCC1)C(=O)C1CCCC(C(=O)O)C1. The first-order valence-corrected chi connectivity index (χ1v) is 7.05. The highest BCUT2D eigenvalue weighted by Gasteiger charge is 2.33. The van der Waals surface area contributed by atoms with E-state index in [4.69, 9.17) is 5.11 Å². The van der Waals surface area contributed by atoms with E-state index in [9.17, 15) is 9.59 Å². The van der Waals surface area contributed by atoms with Gasteiger partial charge in [-0.25, -0.2) is 0 Å². The molecule has 0 bridgehead atoms. The molecule has 0 spiro atoms. The largest absolute Gasteiger partial charge is 0.481 e. The molecule has 0 heterocycles. The summed E-state index contributed by atoms with van der Waals surface area (Å²) >= 11 is 0. The van der Waals surface area contributed by atoms with E-state index < -0.39 is 5.97 Å². The second-order valence-corrected chi connectivity index (χ2v) is 5.91. The van der Waals surface area contributed by atoms with Gasteiger partial charge in [-0.3, -0.25) is 9.59 Å². The van der Waals surface area contributed by atoms with Gasteiger partial charge >= 0.3 is 5.97 Å². The van der Waals surface area contributed by atoms with Crippen LogP contribution in [0.25, 0.3) is 0 Å². The quantitative estimate of drug-likeness (QED) is 0.835. The van der Waals surface area contributed by atoms with Crippen LogP contribution in [0.3, 0.4) is 0 Å². The fourth-order valence-electron chi connectivity index (χ4n) is 3.10. The number of nitrogens with zero attached hydrogens (tertiary/aromatic N) is 1. The maximum atomic E-state index is 12.3. The van der Waals surface area contributed by atoms with Gasteiger partial charge in [-0.2, -0.15) is 0 Å². The topological polar surface area (TPSA) is 57.6 Å². The average Bonchev–Trinajstić information content (AvgIpc) is 2.32.